The smallest absolute Gasteiger partial charge is 0.137 e. The van der Waals surface area contributed by atoms with Crippen LogP contribution in [0.2, 0.25) is 0 Å². The number of pyridine rings is 1. The van der Waals surface area contributed by atoms with Crippen molar-refractivity contribution in [3.8, 4) is 5.75 Å². The number of aromatic nitrogens is 1. The van der Waals surface area contributed by atoms with Gasteiger partial charge in [-0.3, -0.25) is 4.98 Å². The fourth-order valence-corrected chi connectivity index (χ4v) is 2.38. The zero-order valence-corrected chi connectivity index (χ0v) is 8.73. The Morgan fingerprint density at radius 3 is 3.07 bits per heavy atom. The van der Waals surface area contributed by atoms with Crippen LogP contribution in [0.3, 0.4) is 0 Å². The van der Waals surface area contributed by atoms with Crippen molar-refractivity contribution in [1.29, 1.82) is 0 Å². The summed E-state index contributed by atoms with van der Waals surface area (Å²) in [5.41, 5.74) is 2.58. The van der Waals surface area contributed by atoms with Gasteiger partial charge in [0, 0.05) is 24.3 Å². The highest BCUT2D eigenvalue weighted by Gasteiger charge is 2.37. The predicted molar refractivity (Wildman–Crippen MR) is 58.7 cm³/mol. The highest BCUT2D eigenvalue weighted by atomic mass is 16.5. The Morgan fingerprint density at radius 1 is 1.47 bits per heavy atom. The molecule has 0 aromatic carbocycles. The molecular weight excluding hydrogens is 188 g/mol. The molecule has 0 unspecified atom stereocenters. The Morgan fingerprint density at radius 2 is 2.40 bits per heavy atom. The van der Waals surface area contributed by atoms with Gasteiger partial charge in [0.15, 0.2) is 0 Å². The zero-order chi connectivity index (χ0) is 10.3. The summed E-state index contributed by atoms with van der Waals surface area (Å²) in [6.07, 6.45) is 7.18. The molecule has 2 heterocycles. The zero-order valence-electron chi connectivity index (χ0n) is 8.73. The molecule has 1 aliphatic heterocycles. The van der Waals surface area contributed by atoms with Crippen molar-refractivity contribution in [3.63, 3.8) is 0 Å². The third kappa shape index (κ3) is 1.35. The maximum absolute atomic E-state index is 5.18. The van der Waals surface area contributed by atoms with Crippen LogP contribution < -0.4 is 10.1 Å². The summed E-state index contributed by atoms with van der Waals surface area (Å²) in [7, 11) is 1.67. The molecule has 3 heteroatoms. The van der Waals surface area contributed by atoms with Gasteiger partial charge >= 0.3 is 0 Å². The molecule has 1 aromatic heterocycles. The van der Waals surface area contributed by atoms with Crippen LogP contribution in [0.1, 0.15) is 12.0 Å². The van der Waals surface area contributed by atoms with Gasteiger partial charge in [0.05, 0.1) is 13.3 Å². The van der Waals surface area contributed by atoms with Crippen molar-refractivity contribution >= 4 is 5.57 Å². The summed E-state index contributed by atoms with van der Waals surface area (Å²) in [6, 6.07) is 2.61. The van der Waals surface area contributed by atoms with Crippen LogP contribution in [0, 0.1) is 5.92 Å². The number of fused-ring (bicyclic) bond motifs is 1. The minimum atomic E-state index is 0.555. The number of ether oxygens (including phenoxy) is 1. The third-order valence-electron chi connectivity index (χ3n) is 3.33. The normalized spacial score (nSPS) is 27.9. The first kappa shape index (κ1) is 8.92. The summed E-state index contributed by atoms with van der Waals surface area (Å²) >= 11 is 0. The molecule has 1 saturated heterocycles. The van der Waals surface area contributed by atoms with E-state index in [2.05, 4.69) is 22.4 Å². The Balaban J connectivity index is 1.92. The van der Waals surface area contributed by atoms with E-state index in [4.69, 9.17) is 4.74 Å². The molecule has 2 aliphatic rings. The van der Waals surface area contributed by atoms with Crippen LogP contribution in [0.25, 0.3) is 5.57 Å². The maximum Gasteiger partial charge on any atom is 0.137 e. The molecule has 0 saturated carbocycles. The van der Waals surface area contributed by atoms with Gasteiger partial charge in [0.2, 0.25) is 0 Å². The van der Waals surface area contributed by atoms with Crippen LogP contribution in [0.15, 0.2) is 24.5 Å². The number of allylic oxidation sites excluding steroid dienone is 1. The van der Waals surface area contributed by atoms with Gasteiger partial charge < -0.3 is 10.1 Å². The summed E-state index contributed by atoms with van der Waals surface area (Å²) in [6.45, 7) is 1.15. The Hall–Kier alpha value is -1.35. The van der Waals surface area contributed by atoms with Crippen molar-refractivity contribution < 1.29 is 4.74 Å². The molecule has 15 heavy (non-hydrogen) atoms. The second kappa shape index (κ2) is 3.35. The minimum Gasteiger partial charge on any atom is -0.495 e. The molecule has 78 valence electrons. The van der Waals surface area contributed by atoms with Gasteiger partial charge in [-0.2, -0.15) is 0 Å². The average Bonchev–Trinajstić information content (AvgIpc) is 2.54. The first-order valence-electron chi connectivity index (χ1n) is 5.31. The number of rotatable bonds is 2. The van der Waals surface area contributed by atoms with Crippen LogP contribution in [0.5, 0.6) is 5.75 Å². The van der Waals surface area contributed by atoms with Crippen LogP contribution in [-0.2, 0) is 0 Å². The van der Waals surface area contributed by atoms with E-state index in [-0.39, 0.29) is 0 Å². The van der Waals surface area contributed by atoms with Gasteiger partial charge in [0.1, 0.15) is 5.75 Å². The summed E-state index contributed by atoms with van der Waals surface area (Å²) < 4.78 is 5.18. The molecule has 0 amide bonds. The minimum absolute atomic E-state index is 0.555. The summed E-state index contributed by atoms with van der Waals surface area (Å²) in [5, 5.41) is 3.46. The van der Waals surface area contributed by atoms with E-state index in [0.717, 1.165) is 18.2 Å². The topological polar surface area (TPSA) is 34.1 Å². The molecule has 1 N–H and O–H groups in total. The van der Waals surface area contributed by atoms with Crippen molar-refractivity contribution in [1.82, 2.24) is 10.3 Å². The molecule has 0 radical (unpaired) electrons. The molecule has 1 aromatic rings. The SMILES string of the molecule is COc1cncc(C2=CC[C@@H]3CN[C@H]23)c1. The molecule has 1 aliphatic carbocycles. The molecule has 2 atom stereocenters. The first-order valence-corrected chi connectivity index (χ1v) is 5.31. The molecular formula is C12H14N2O. The lowest BCUT2D eigenvalue weighted by molar-refractivity contribution is 0.306. The van der Waals surface area contributed by atoms with Crippen molar-refractivity contribution in [3.05, 3.63) is 30.1 Å². The fourth-order valence-electron chi connectivity index (χ4n) is 2.38. The molecule has 3 nitrogen and oxygen atoms in total. The summed E-state index contributed by atoms with van der Waals surface area (Å²) in [4.78, 5) is 4.19. The van der Waals surface area contributed by atoms with Gasteiger partial charge in [-0.25, -0.2) is 0 Å². The largest absolute Gasteiger partial charge is 0.495 e. The van der Waals surface area contributed by atoms with Crippen LogP contribution >= 0.6 is 0 Å². The quantitative estimate of drug-likeness (QED) is 0.788. The highest BCUT2D eigenvalue weighted by molar-refractivity contribution is 5.73. The molecule has 1 fully saturated rings. The second-order valence-corrected chi connectivity index (χ2v) is 4.15. The molecule has 0 bridgehead atoms. The number of hydrogen-bond donors (Lipinski definition) is 1. The van der Waals surface area contributed by atoms with E-state index in [1.54, 1.807) is 13.3 Å². The third-order valence-corrected chi connectivity index (χ3v) is 3.33. The Bertz CT molecular complexity index is 414. The van der Waals surface area contributed by atoms with Crippen molar-refractivity contribution in [2.75, 3.05) is 13.7 Å². The second-order valence-electron chi connectivity index (χ2n) is 4.15. The van der Waals surface area contributed by atoms with Gasteiger partial charge in [-0.15, -0.1) is 0 Å². The van der Waals surface area contributed by atoms with E-state index in [1.165, 1.54) is 17.6 Å². The van der Waals surface area contributed by atoms with E-state index < -0.39 is 0 Å². The monoisotopic (exact) mass is 202 g/mol. The van der Waals surface area contributed by atoms with E-state index in [9.17, 15) is 0 Å². The summed E-state index contributed by atoms with van der Waals surface area (Å²) in [5.74, 6) is 1.64. The lowest BCUT2D eigenvalue weighted by atomic mass is 9.89. The van der Waals surface area contributed by atoms with Gasteiger partial charge in [0.25, 0.3) is 0 Å². The predicted octanol–water partition coefficient (Wildman–Crippen LogP) is 1.47. The van der Waals surface area contributed by atoms with Gasteiger partial charge in [-0.1, -0.05) is 6.08 Å². The van der Waals surface area contributed by atoms with E-state index in [1.807, 2.05) is 6.20 Å². The van der Waals surface area contributed by atoms with E-state index in [0.29, 0.717) is 6.04 Å². The van der Waals surface area contributed by atoms with E-state index >= 15 is 0 Å². The fraction of sp³-hybridized carbons (Fsp3) is 0.417. The van der Waals surface area contributed by atoms with Crippen molar-refractivity contribution in [2.24, 2.45) is 5.92 Å². The Kier molecular flexibility index (Phi) is 1.99. The number of hydrogen-bond acceptors (Lipinski definition) is 3. The molecule has 3 rings (SSSR count). The highest BCUT2D eigenvalue weighted by Crippen LogP contribution is 2.37. The number of methoxy groups -OCH3 is 1. The molecule has 0 spiro atoms. The maximum atomic E-state index is 5.18. The number of nitrogens with one attached hydrogen (secondary N) is 1. The lowest BCUT2D eigenvalue weighted by Gasteiger charge is -2.34. The van der Waals surface area contributed by atoms with Gasteiger partial charge in [-0.05, 0) is 24.0 Å². The standard InChI is InChI=1S/C12H14N2O/c1-15-10-4-9(5-13-7-10)11-3-2-8-6-14-12(8)11/h3-5,7-8,12,14H,2,6H2,1H3/t8-,12+/m1/s1. The van der Waals surface area contributed by atoms with Crippen molar-refractivity contribution in [2.45, 2.75) is 12.5 Å². The number of nitrogens with zero attached hydrogens (tertiary/aromatic N) is 1. The average molecular weight is 202 g/mol. The Labute approximate surface area is 89.2 Å². The van der Waals surface area contributed by atoms with Crippen LogP contribution in [0.4, 0.5) is 0 Å². The van der Waals surface area contributed by atoms with Crippen LogP contribution in [-0.4, -0.2) is 24.7 Å². The first-order chi connectivity index (χ1) is 7.38. The lowest BCUT2D eigenvalue weighted by Crippen LogP contribution is -2.50.